The van der Waals surface area contributed by atoms with Crippen LogP contribution in [0.3, 0.4) is 0 Å². The van der Waals surface area contributed by atoms with Gasteiger partial charge in [0, 0.05) is 18.0 Å². The van der Waals surface area contributed by atoms with Gasteiger partial charge in [-0.15, -0.1) is 0 Å². The number of rotatable bonds is 6. The molecule has 4 rings (SSSR count). The number of aryl methyl sites for hydroxylation is 1. The van der Waals surface area contributed by atoms with Crippen molar-refractivity contribution in [2.24, 2.45) is 5.92 Å². The van der Waals surface area contributed by atoms with E-state index in [1.807, 2.05) is 29.7 Å². The second kappa shape index (κ2) is 9.44. The van der Waals surface area contributed by atoms with E-state index in [0.29, 0.717) is 11.9 Å². The number of benzene rings is 2. The van der Waals surface area contributed by atoms with Crippen molar-refractivity contribution >= 4 is 28.7 Å². The number of nitrogens with zero attached hydrogens (tertiary/aromatic N) is 2. The number of hydrogen-bond donors (Lipinski definition) is 1. The number of amides is 1. The van der Waals surface area contributed by atoms with Crippen molar-refractivity contribution in [1.29, 1.82) is 0 Å². The van der Waals surface area contributed by atoms with Crippen LogP contribution >= 0.6 is 0 Å². The van der Waals surface area contributed by atoms with E-state index in [4.69, 9.17) is 0 Å². The average molecular weight is 470 g/mol. The van der Waals surface area contributed by atoms with Crippen LogP contribution in [0.1, 0.15) is 59.6 Å². The van der Waals surface area contributed by atoms with Gasteiger partial charge in [-0.25, -0.2) is 4.98 Å². The van der Waals surface area contributed by atoms with E-state index < -0.39 is 17.6 Å². The Labute approximate surface area is 195 Å². The first-order valence-electron chi connectivity index (χ1n) is 11.3. The van der Waals surface area contributed by atoms with Crippen LogP contribution in [-0.2, 0) is 11.0 Å². The van der Waals surface area contributed by atoms with Crippen LogP contribution in [0.15, 0.2) is 55.1 Å². The molecule has 0 spiro atoms. The molecule has 178 valence electrons. The molecule has 0 radical (unpaired) electrons. The van der Waals surface area contributed by atoms with Gasteiger partial charge in [0.15, 0.2) is 5.78 Å². The minimum absolute atomic E-state index is 0.0354. The summed E-state index contributed by atoms with van der Waals surface area (Å²) < 4.78 is 41.4. The van der Waals surface area contributed by atoms with Gasteiger partial charge in [0.2, 0.25) is 5.95 Å². The predicted octanol–water partition coefficient (Wildman–Crippen LogP) is 6.49. The lowest BCUT2D eigenvalue weighted by molar-refractivity contribution is -0.137. The Morgan fingerprint density at radius 2 is 1.94 bits per heavy atom. The third-order valence-corrected chi connectivity index (χ3v) is 6.41. The number of hydrogen-bond acceptors (Lipinski definition) is 3. The quantitative estimate of drug-likeness (QED) is 0.420. The summed E-state index contributed by atoms with van der Waals surface area (Å²) in [5.74, 6) is -0.395. The second-order valence-corrected chi connectivity index (χ2v) is 8.82. The number of nitrogens with one attached hydrogen (secondary N) is 1. The maximum atomic E-state index is 13.1. The summed E-state index contributed by atoms with van der Waals surface area (Å²) in [5.41, 5.74) is 1.49. The van der Waals surface area contributed by atoms with E-state index in [1.165, 1.54) is 18.2 Å². The highest BCUT2D eigenvalue weighted by atomic mass is 19.4. The third-order valence-electron chi connectivity index (χ3n) is 6.41. The van der Waals surface area contributed by atoms with Gasteiger partial charge in [0.1, 0.15) is 0 Å². The molecule has 5 nitrogen and oxygen atoms in total. The summed E-state index contributed by atoms with van der Waals surface area (Å²) in [6, 6.07) is 10.0. The molecule has 1 aliphatic rings. The molecule has 1 aromatic heterocycles. The number of ketones is 1. The lowest BCUT2D eigenvalue weighted by Crippen LogP contribution is -2.27. The van der Waals surface area contributed by atoms with Crippen molar-refractivity contribution < 1.29 is 22.8 Å². The van der Waals surface area contributed by atoms with Crippen LogP contribution in [0.4, 0.5) is 19.1 Å². The number of anilines is 1. The molecule has 8 heteroatoms. The zero-order chi connectivity index (χ0) is 24.5. The van der Waals surface area contributed by atoms with Crippen molar-refractivity contribution in [3.8, 4) is 0 Å². The van der Waals surface area contributed by atoms with Crippen LogP contribution < -0.4 is 5.32 Å². The van der Waals surface area contributed by atoms with Crippen LogP contribution in [0, 0.1) is 12.8 Å². The standard InChI is InChI=1S/C26H26F3N3O2/c1-3-20(33)15-17-7-4-5-10-22(17)32-23-12-11-16(2)13-21(23)30-25(32)31-24(34)18-8-6-9-19(14-18)26(27,28)29/h3,6,8-9,11-14,17,22H,1,4-5,7,10,15H2,2H3,(H,30,31,34)/t17-,22?/m1/s1. The van der Waals surface area contributed by atoms with Crippen molar-refractivity contribution in [3.63, 3.8) is 0 Å². The molecule has 1 unspecified atom stereocenters. The van der Waals surface area contributed by atoms with E-state index in [1.54, 1.807) is 0 Å². The zero-order valence-electron chi connectivity index (χ0n) is 18.9. The number of carbonyl (C=O) groups is 2. The van der Waals surface area contributed by atoms with E-state index in [-0.39, 0.29) is 29.3 Å². The summed E-state index contributed by atoms with van der Waals surface area (Å²) in [6.07, 6.45) is 0.767. The third kappa shape index (κ3) is 4.90. The van der Waals surface area contributed by atoms with E-state index in [2.05, 4.69) is 16.9 Å². The van der Waals surface area contributed by atoms with Gasteiger partial charge >= 0.3 is 6.18 Å². The molecule has 1 N–H and O–H groups in total. The molecule has 0 bridgehead atoms. The van der Waals surface area contributed by atoms with E-state index in [0.717, 1.165) is 48.9 Å². The predicted molar refractivity (Wildman–Crippen MR) is 125 cm³/mol. The SMILES string of the molecule is C=CC(=O)C[C@H]1CCCCC1n1c(NC(=O)c2cccc(C(F)(F)F)c2)nc2cc(C)ccc21. The molecule has 3 aromatic rings. The molecule has 1 saturated carbocycles. The monoisotopic (exact) mass is 469 g/mol. The molecule has 1 amide bonds. The summed E-state index contributed by atoms with van der Waals surface area (Å²) >= 11 is 0. The molecule has 2 atom stereocenters. The Balaban J connectivity index is 1.74. The van der Waals surface area contributed by atoms with Gasteiger partial charge in [-0.3, -0.25) is 14.9 Å². The lowest BCUT2D eigenvalue weighted by atomic mass is 9.81. The summed E-state index contributed by atoms with van der Waals surface area (Å²) in [6.45, 7) is 5.52. The Morgan fingerprint density at radius 1 is 1.18 bits per heavy atom. The highest BCUT2D eigenvalue weighted by Gasteiger charge is 2.33. The fraction of sp³-hybridized carbons (Fsp3) is 0.346. The number of alkyl halides is 3. The molecule has 34 heavy (non-hydrogen) atoms. The van der Waals surface area contributed by atoms with Crippen molar-refractivity contribution in [3.05, 3.63) is 71.8 Å². The van der Waals surface area contributed by atoms with Gasteiger partial charge < -0.3 is 4.57 Å². The Morgan fingerprint density at radius 3 is 2.68 bits per heavy atom. The van der Waals surface area contributed by atoms with Crippen molar-refractivity contribution in [2.45, 2.75) is 51.2 Å². The first-order chi connectivity index (χ1) is 16.2. The molecule has 1 aliphatic carbocycles. The van der Waals surface area contributed by atoms with Gasteiger partial charge in [-0.2, -0.15) is 13.2 Å². The maximum Gasteiger partial charge on any atom is 0.416 e. The van der Waals surface area contributed by atoms with Gasteiger partial charge in [0.25, 0.3) is 5.91 Å². The van der Waals surface area contributed by atoms with E-state index >= 15 is 0 Å². The smallest absolute Gasteiger partial charge is 0.307 e. The number of aromatic nitrogens is 2. The summed E-state index contributed by atoms with van der Waals surface area (Å²) in [4.78, 5) is 29.8. The molecular weight excluding hydrogens is 443 g/mol. The van der Waals surface area contributed by atoms with Crippen LogP contribution in [0.2, 0.25) is 0 Å². The van der Waals surface area contributed by atoms with Crippen molar-refractivity contribution in [1.82, 2.24) is 9.55 Å². The molecule has 2 aromatic carbocycles. The fourth-order valence-corrected chi connectivity index (χ4v) is 4.75. The second-order valence-electron chi connectivity index (χ2n) is 8.82. The highest BCUT2D eigenvalue weighted by molar-refractivity contribution is 6.04. The van der Waals surface area contributed by atoms with Crippen molar-refractivity contribution in [2.75, 3.05) is 5.32 Å². The number of allylic oxidation sites excluding steroid dienone is 1. The molecular formula is C26H26F3N3O2. The molecule has 0 aliphatic heterocycles. The Hall–Kier alpha value is -3.42. The minimum Gasteiger partial charge on any atom is -0.307 e. The van der Waals surface area contributed by atoms with Gasteiger partial charge in [0.05, 0.1) is 16.6 Å². The first-order valence-corrected chi connectivity index (χ1v) is 11.3. The molecule has 0 saturated heterocycles. The maximum absolute atomic E-state index is 13.1. The first kappa shape index (κ1) is 23.7. The Kier molecular flexibility index (Phi) is 6.59. The van der Waals surface area contributed by atoms with Gasteiger partial charge in [-0.05, 0) is 67.7 Å². The number of fused-ring (bicyclic) bond motifs is 1. The minimum atomic E-state index is -4.55. The largest absolute Gasteiger partial charge is 0.416 e. The molecule has 1 heterocycles. The summed E-state index contributed by atoms with van der Waals surface area (Å²) in [5, 5.41) is 2.74. The lowest BCUT2D eigenvalue weighted by Gasteiger charge is -2.33. The normalized spacial score (nSPS) is 18.6. The van der Waals surface area contributed by atoms with Crippen LogP contribution in [0.5, 0.6) is 0 Å². The summed E-state index contributed by atoms with van der Waals surface area (Å²) in [7, 11) is 0. The Bertz CT molecular complexity index is 1250. The average Bonchev–Trinajstić information content (AvgIpc) is 3.15. The zero-order valence-corrected chi connectivity index (χ0v) is 18.9. The van der Waals surface area contributed by atoms with E-state index in [9.17, 15) is 22.8 Å². The van der Waals surface area contributed by atoms with Crippen LogP contribution in [-0.4, -0.2) is 21.2 Å². The molecule has 1 fully saturated rings. The number of imidazole rings is 1. The van der Waals surface area contributed by atoms with Gasteiger partial charge in [-0.1, -0.05) is 31.6 Å². The van der Waals surface area contributed by atoms with Crippen LogP contribution in [0.25, 0.3) is 11.0 Å². The number of carbonyl (C=O) groups excluding carboxylic acids is 2. The topological polar surface area (TPSA) is 64.0 Å². The highest BCUT2D eigenvalue weighted by Crippen LogP contribution is 2.40. The number of halogens is 3. The fourth-order valence-electron chi connectivity index (χ4n) is 4.75.